The average molecular weight is 380 g/mol. The van der Waals surface area contributed by atoms with Crippen molar-refractivity contribution in [1.82, 2.24) is 10.3 Å². The van der Waals surface area contributed by atoms with Crippen LogP contribution in [0.3, 0.4) is 0 Å². The summed E-state index contributed by atoms with van der Waals surface area (Å²) in [5, 5.41) is 4.26. The fourth-order valence-corrected chi connectivity index (χ4v) is 2.26. The zero-order valence-corrected chi connectivity index (χ0v) is 13.4. The van der Waals surface area contributed by atoms with Crippen molar-refractivity contribution >= 4 is 35.2 Å². The van der Waals surface area contributed by atoms with Crippen molar-refractivity contribution < 1.29 is 32.3 Å². The van der Waals surface area contributed by atoms with Gasteiger partial charge in [-0.15, -0.1) is 0 Å². The van der Waals surface area contributed by atoms with Crippen molar-refractivity contribution in [2.45, 2.75) is 19.0 Å². The van der Waals surface area contributed by atoms with Crippen LogP contribution in [0, 0.1) is 5.92 Å². The van der Waals surface area contributed by atoms with Crippen LogP contribution in [-0.4, -0.2) is 35.9 Å². The first-order valence-electron chi connectivity index (χ1n) is 7.12. The highest BCUT2D eigenvalue weighted by molar-refractivity contribution is 6.33. The van der Waals surface area contributed by atoms with Crippen molar-refractivity contribution in [1.29, 1.82) is 0 Å². The van der Waals surface area contributed by atoms with Gasteiger partial charge in [0.05, 0.1) is 16.5 Å². The lowest BCUT2D eigenvalue weighted by Crippen LogP contribution is -2.39. The van der Waals surface area contributed by atoms with E-state index in [1.807, 2.05) is 0 Å². The van der Waals surface area contributed by atoms with E-state index >= 15 is 0 Å². The Kier molecular flexibility index (Phi) is 5.83. The van der Waals surface area contributed by atoms with Crippen LogP contribution in [0.5, 0.6) is 0 Å². The Morgan fingerprint density at radius 1 is 1.44 bits per heavy atom. The number of esters is 1. The standard InChI is InChI=1S/C14H13ClF3N3O4/c15-9-3-8(14(16,17)18)5-20-12(9)21-11(23)6-25-13(24)7-1-2-10(22)19-4-7/h3,5,7H,1-2,4,6H2,(H,19,22)(H,20,21,23). The minimum absolute atomic E-state index is 0.131. The topological polar surface area (TPSA) is 97.4 Å². The molecule has 136 valence electrons. The van der Waals surface area contributed by atoms with Crippen molar-refractivity contribution in [2.24, 2.45) is 5.92 Å². The fraction of sp³-hybridized carbons (Fsp3) is 0.429. The van der Waals surface area contributed by atoms with Gasteiger partial charge in [0, 0.05) is 19.2 Å². The van der Waals surface area contributed by atoms with Crippen LogP contribution in [0.4, 0.5) is 19.0 Å². The quantitative estimate of drug-likeness (QED) is 0.777. The normalized spacial score (nSPS) is 17.6. The van der Waals surface area contributed by atoms with Gasteiger partial charge in [-0.25, -0.2) is 4.98 Å². The van der Waals surface area contributed by atoms with Gasteiger partial charge in [0.2, 0.25) is 5.91 Å². The molecule has 0 saturated carbocycles. The minimum atomic E-state index is -4.61. The molecule has 1 aliphatic heterocycles. The van der Waals surface area contributed by atoms with Gasteiger partial charge in [-0.2, -0.15) is 13.2 Å². The largest absolute Gasteiger partial charge is 0.455 e. The lowest BCUT2D eigenvalue weighted by molar-refractivity contribution is -0.152. The first-order chi connectivity index (χ1) is 11.7. The van der Waals surface area contributed by atoms with Crippen molar-refractivity contribution in [3.05, 3.63) is 22.8 Å². The highest BCUT2D eigenvalue weighted by atomic mass is 35.5. The number of hydrogen-bond acceptors (Lipinski definition) is 5. The van der Waals surface area contributed by atoms with E-state index in [-0.39, 0.29) is 24.7 Å². The van der Waals surface area contributed by atoms with Gasteiger partial charge in [0.15, 0.2) is 12.4 Å². The van der Waals surface area contributed by atoms with Gasteiger partial charge < -0.3 is 15.4 Å². The Bertz CT molecular complexity index is 686. The molecule has 1 unspecified atom stereocenters. The number of carbonyl (C=O) groups is 3. The second kappa shape index (κ2) is 7.68. The third-order valence-corrected chi connectivity index (χ3v) is 3.66. The number of amides is 2. The van der Waals surface area contributed by atoms with Gasteiger partial charge in [-0.3, -0.25) is 14.4 Å². The van der Waals surface area contributed by atoms with Gasteiger partial charge in [0.1, 0.15) is 0 Å². The molecule has 1 saturated heterocycles. The third-order valence-electron chi connectivity index (χ3n) is 3.37. The summed E-state index contributed by atoms with van der Waals surface area (Å²) in [5.74, 6) is -2.44. The summed E-state index contributed by atoms with van der Waals surface area (Å²) < 4.78 is 42.3. The molecule has 1 atom stereocenters. The van der Waals surface area contributed by atoms with Crippen LogP contribution in [0.1, 0.15) is 18.4 Å². The monoisotopic (exact) mass is 379 g/mol. The summed E-state index contributed by atoms with van der Waals surface area (Å²) in [6.45, 7) is -0.520. The van der Waals surface area contributed by atoms with Crippen LogP contribution in [0.25, 0.3) is 0 Å². The first-order valence-corrected chi connectivity index (χ1v) is 7.50. The van der Waals surface area contributed by atoms with Crippen LogP contribution >= 0.6 is 11.6 Å². The molecule has 11 heteroatoms. The summed E-state index contributed by atoms with van der Waals surface area (Å²) in [6, 6.07) is 0.626. The van der Waals surface area contributed by atoms with Crippen LogP contribution in [0.2, 0.25) is 5.02 Å². The molecule has 1 aromatic heterocycles. The second-order valence-electron chi connectivity index (χ2n) is 5.25. The molecule has 1 aliphatic rings. The Labute approximate surface area is 144 Å². The number of aromatic nitrogens is 1. The second-order valence-corrected chi connectivity index (χ2v) is 5.65. The molecule has 2 heterocycles. The number of pyridine rings is 1. The maximum atomic E-state index is 12.5. The smallest absolute Gasteiger partial charge is 0.417 e. The molecule has 25 heavy (non-hydrogen) atoms. The van der Waals surface area contributed by atoms with Gasteiger partial charge in [-0.05, 0) is 12.5 Å². The number of nitrogens with one attached hydrogen (secondary N) is 2. The molecule has 2 amide bonds. The minimum Gasteiger partial charge on any atom is -0.455 e. The summed E-state index contributed by atoms with van der Waals surface area (Å²) in [7, 11) is 0. The number of alkyl halides is 3. The van der Waals surface area contributed by atoms with Crippen molar-refractivity contribution in [2.75, 3.05) is 18.5 Å². The molecular formula is C14H13ClF3N3O4. The number of piperidine rings is 1. The number of ether oxygens (including phenoxy) is 1. The van der Waals surface area contributed by atoms with Crippen molar-refractivity contribution in [3.63, 3.8) is 0 Å². The maximum absolute atomic E-state index is 12.5. The molecule has 1 aromatic rings. The highest BCUT2D eigenvalue weighted by Crippen LogP contribution is 2.32. The Hall–Kier alpha value is -2.36. The number of halogens is 4. The van der Waals surface area contributed by atoms with Gasteiger partial charge in [-0.1, -0.05) is 11.6 Å². The maximum Gasteiger partial charge on any atom is 0.417 e. The zero-order valence-electron chi connectivity index (χ0n) is 12.7. The molecule has 2 rings (SSSR count). The van der Waals surface area contributed by atoms with E-state index in [1.54, 1.807) is 0 Å². The van der Waals surface area contributed by atoms with Gasteiger partial charge >= 0.3 is 12.1 Å². The van der Waals surface area contributed by atoms with E-state index in [2.05, 4.69) is 15.6 Å². The first kappa shape index (κ1) is 19.0. The molecule has 0 aromatic carbocycles. The molecule has 2 N–H and O–H groups in total. The lowest BCUT2D eigenvalue weighted by Gasteiger charge is -2.20. The Morgan fingerprint density at radius 3 is 2.72 bits per heavy atom. The average Bonchev–Trinajstić information content (AvgIpc) is 2.54. The van der Waals surface area contributed by atoms with Gasteiger partial charge in [0.25, 0.3) is 5.91 Å². The summed E-state index contributed by atoms with van der Waals surface area (Å²) in [5.41, 5.74) is -1.05. The molecule has 0 radical (unpaired) electrons. The molecule has 1 fully saturated rings. The number of carbonyl (C=O) groups excluding carboxylic acids is 3. The van der Waals surface area contributed by atoms with E-state index in [9.17, 15) is 27.6 Å². The number of hydrogen-bond donors (Lipinski definition) is 2. The SMILES string of the molecule is O=C1CCC(C(=O)OCC(=O)Nc2ncc(C(F)(F)F)cc2Cl)CN1. The number of anilines is 1. The predicted molar refractivity (Wildman–Crippen MR) is 79.6 cm³/mol. The van der Waals surface area contributed by atoms with E-state index < -0.39 is 41.2 Å². The third kappa shape index (κ3) is 5.31. The van der Waals surface area contributed by atoms with Crippen LogP contribution in [0.15, 0.2) is 12.3 Å². The number of nitrogens with zero attached hydrogens (tertiary/aromatic N) is 1. The molecule has 0 spiro atoms. The van der Waals surface area contributed by atoms with E-state index in [1.165, 1.54) is 0 Å². The molecular weight excluding hydrogens is 367 g/mol. The summed E-state index contributed by atoms with van der Waals surface area (Å²) in [6.07, 6.45) is -3.57. The van der Waals surface area contributed by atoms with Crippen LogP contribution < -0.4 is 10.6 Å². The van der Waals surface area contributed by atoms with E-state index in [4.69, 9.17) is 16.3 Å². The van der Waals surface area contributed by atoms with E-state index in [0.717, 1.165) is 0 Å². The zero-order chi connectivity index (χ0) is 18.6. The molecule has 0 aliphatic carbocycles. The Balaban J connectivity index is 1.86. The highest BCUT2D eigenvalue weighted by Gasteiger charge is 2.32. The van der Waals surface area contributed by atoms with E-state index in [0.29, 0.717) is 18.7 Å². The summed E-state index contributed by atoms with van der Waals surface area (Å²) in [4.78, 5) is 37.9. The van der Waals surface area contributed by atoms with Crippen molar-refractivity contribution in [3.8, 4) is 0 Å². The predicted octanol–water partition coefficient (Wildman–Crippen LogP) is 1.76. The summed E-state index contributed by atoms with van der Waals surface area (Å²) >= 11 is 5.65. The lowest BCUT2D eigenvalue weighted by atomic mass is 10.00. The fourth-order valence-electron chi connectivity index (χ4n) is 2.04. The molecule has 7 nitrogen and oxygen atoms in total. The van der Waals surface area contributed by atoms with Crippen LogP contribution in [-0.2, 0) is 25.3 Å². The molecule has 0 bridgehead atoms. The Morgan fingerprint density at radius 2 is 2.16 bits per heavy atom. The number of rotatable bonds is 4.